The number of rotatable bonds is 12. The van der Waals surface area contributed by atoms with Crippen LogP contribution in [0.25, 0.3) is 22.7 Å². The molecule has 0 saturated heterocycles. The van der Waals surface area contributed by atoms with Gasteiger partial charge in [-0.25, -0.2) is 9.78 Å². The third-order valence-corrected chi connectivity index (χ3v) is 5.86. The van der Waals surface area contributed by atoms with E-state index in [0.29, 0.717) is 23.6 Å². The number of carbonyl (C=O) groups excluding carboxylic acids is 3. The number of ether oxygens (including phenoxy) is 1. The quantitative estimate of drug-likeness (QED) is 0.308. The molecule has 0 aliphatic rings. The Morgan fingerprint density at radius 1 is 1.03 bits per heavy atom. The second-order valence-corrected chi connectivity index (χ2v) is 9.17. The first kappa shape index (κ1) is 27.6. The smallest absolute Gasteiger partial charge is 0.328 e. The van der Waals surface area contributed by atoms with E-state index in [4.69, 9.17) is 9.15 Å². The number of aromatic amines is 1. The monoisotopic (exact) mass is 509 g/mol. The van der Waals surface area contributed by atoms with E-state index in [1.54, 1.807) is 13.0 Å². The van der Waals surface area contributed by atoms with Crippen molar-refractivity contribution in [1.82, 2.24) is 25.8 Å². The van der Waals surface area contributed by atoms with Gasteiger partial charge >= 0.3 is 5.97 Å². The molecule has 0 fully saturated rings. The van der Waals surface area contributed by atoms with Crippen molar-refractivity contribution < 1.29 is 23.5 Å². The highest BCUT2D eigenvalue weighted by Crippen LogP contribution is 2.26. The fourth-order valence-corrected chi connectivity index (χ4v) is 3.82. The number of H-pyrrole nitrogens is 1. The van der Waals surface area contributed by atoms with E-state index in [1.165, 1.54) is 6.20 Å². The molecule has 0 radical (unpaired) electrons. The average molecular weight is 510 g/mol. The molecule has 0 aliphatic carbocycles. The molecule has 0 aliphatic heterocycles. The number of benzene rings is 1. The molecule has 10 heteroatoms. The SMILES string of the molecule is CCOC(=O)[C@H](CC(C)C)NC(=O)c1cc(-c2cccc(-c3ncc(C(=O)NC(CC)CC)o3)c2)n[nH]1. The van der Waals surface area contributed by atoms with Crippen molar-refractivity contribution >= 4 is 17.8 Å². The molecule has 3 aromatic rings. The van der Waals surface area contributed by atoms with Crippen LogP contribution in [0.2, 0.25) is 0 Å². The van der Waals surface area contributed by atoms with Gasteiger partial charge in [0.05, 0.1) is 18.5 Å². The van der Waals surface area contributed by atoms with Gasteiger partial charge in [0.15, 0.2) is 0 Å². The van der Waals surface area contributed by atoms with Crippen molar-refractivity contribution in [3.63, 3.8) is 0 Å². The Hall–Kier alpha value is -3.95. The summed E-state index contributed by atoms with van der Waals surface area (Å²) in [6, 6.07) is 8.21. The average Bonchev–Trinajstić information content (AvgIpc) is 3.57. The molecular weight excluding hydrogens is 474 g/mol. The van der Waals surface area contributed by atoms with Crippen molar-refractivity contribution in [2.24, 2.45) is 5.92 Å². The van der Waals surface area contributed by atoms with Crippen molar-refractivity contribution in [2.75, 3.05) is 6.61 Å². The third-order valence-electron chi connectivity index (χ3n) is 5.86. The minimum Gasteiger partial charge on any atom is -0.464 e. The molecule has 37 heavy (non-hydrogen) atoms. The van der Waals surface area contributed by atoms with Gasteiger partial charge in [-0.1, -0.05) is 39.8 Å². The molecule has 2 heterocycles. The van der Waals surface area contributed by atoms with Crippen LogP contribution in [0.5, 0.6) is 0 Å². The van der Waals surface area contributed by atoms with Crippen molar-refractivity contribution in [1.29, 1.82) is 0 Å². The van der Waals surface area contributed by atoms with Crippen LogP contribution in [-0.2, 0) is 9.53 Å². The topological polar surface area (TPSA) is 139 Å². The summed E-state index contributed by atoms with van der Waals surface area (Å²) < 4.78 is 10.8. The normalized spacial score (nSPS) is 12.0. The van der Waals surface area contributed by atoms with Crippen LogP contribution in [0.4, 0.5) is 0 Å². The Morgan fingerprint density at radius 3 is 2.43 bits per heavy atom. The lowest BCUT2D eigenvalue weighted by Gasteiger charge is -2.18. The number of esters is 1. The number of oxazole rings is 1. The standard InChI is InChI=1S/C27H35N5O5/c1-6-19(7-2)29-25(34)23-15-28-26(37-23)18-11-9-10-17(13-18)20-14-21(32-31-20)24(33)30-22(12-16(4)5)27(35)36-8-3/h9-11,13-16,19,22H,6-8,12H2,1-5H3,(H,29,34)(H,30,33)(H,31,32)/t22-/m0/s1. The van der Waals surface area contributed by atoms with Gasteiger partial charge in [0.2, 0.25) is 11.7 Å². The maximum absolute atomic E-state index is 12.8. The number of hydrogen-bond acceptors (Lipinski definition) is 7. The molecule has 3 rings (SSSR count). The zero-order chi connectivity index (χ0) is 26.9. The molecule has 1 aromatic carbocycles. The van der Waals surface area contributed by atoms with Gasteiger partial charge < -0.3 is 19.8 Å². The summed E-state index contributed by atoms with van der Waals surface area (Å²) in [5.41, 5.74) is 2.13. The summed E-state index contributed by atoms with van der Waals surface area (Å²) in [6.07, 6.45) is 3.53. The summed E-state index contributed by atoms with van der Waals surface area (Å²) in [7, 11) is 0. The summed E-state index contributed by atoms with van der Waals surface area (Å²) in [6.45, 7) is 9.93. The fourth-order valence-electron chi connectivity index (χ4n) is 3.82. The van der Waals surface area contributed by atoms with Gasteiger partial charge in [-0.15, -0.1) is 0 Å². The molecule has 3 N–H and O–H groups in total. The first-order valence-electron chi connectivity index (χ1n) is 12.7. The third kappa shape index (κ3) is 7.28. The lowest BCUT2D eigenvalue weighted by atomic mass is 10.0. The van der Waals surface area contributed by atoms with Gasteiger partial charge in [0, 0.05) is 17.2 Å². The molecule has 0 unspecified atom stereocenters. The number of carbonyl (C=O) groups is 3. The molecule has 0 saturated carbocycles. The summed E-state index contributed by atoms with van der Waals surface area (Å²) >= 11 is 0. The van der Waals surface area contributed by atoms with Gasteiger partial charge in [0.25, 0.3) is 11.8 Å². The highest BCUT2D eigenvalue weighted by atomic mass is 16.5. The van der Waals surface area contributed by atoms with Crippen LogP contribution >= 0.6 is 0 Å². The number of hydrogen-bond donors (Lipinski definition) is 3. The van der Waals surface area contributed by atoms with Gasteiger partial charge in [-0.3, -0.25) is 14.7 Å². The number of nitrogens with zero attached hydrogens (tertiary/aromatic N) is 2. The first-order valence-corrected chi connectivity index (χ1v) is 12.7. The van der Waals surface area contributed by atoms with Crippen LogP contribution in [-0.4, -0.2) is 51.7 Å². The van der Waals surface area contributed by atoms with E-state index in [1.807, 2.05) is 52.0 Å². The van der Waals surface area contributed by atoms with Crippen LogP contribution in [0.3, 0.4) is 0 Å². The predicted octanol–water partition coefficient (Wildman–Crippen LogP) is 4.36. The molecule has 10 nitrogen and oxygen atoms in total. The minimum absolute atomic E-state index is 0.0772. The number of amides is 2. The Morgan fingerprint density at radius 2 is 1.76 bits per heavy atom. The molecule has 1 atom stereocenters. The van der Waals surface area contributed by atoms with Gasteiger partial charge in [-0.2, -0.15) is 5.10 Å². The second kappa shape index (κ2) is 12.8. The van der Waals surface area contributed by atoms with E-state index in [0.717, 1.165) is 18.4 Å². The van der Waals surface area contributed by atoms with E-state index >= 15 is 0 Å². The van der Waals surface area contributed by atoms with E-state index in [-0.39, 0.29) is 35.9 Å². The molecule has 0 bridgehead atoms. The summed E-state index contributed by atoms with van der Waals surface area (Å²) in [5.74, 6) is -0.577. The zero-order valence-corrected chi connectivity index (χ0v) is 22.0. The van der Waals surface area contributed by atoms with Crippen molar-refractivity contribution in [2.45, 2.75) is 66.0 Å². The molecular formula is C27H35N5O5. The Bertz CT molecular complexity index is 1210. The lowest BCUT2D eigenvalue weighted by molar-refractivity contribution is -0.145. The van der Waals surface area contributed by atoms with Gasteiger partial charge in [-0.05, 0) is 50.3 Å². The van der Waals surface area contributed by atoms with E-state index in [9.17, 15) is 14.4 Å². The fraction of sp³-hybridized carbons (Fsp3) is 0.444. The molecule has 0 spiro atoms. The number of aromatic nitrogens is 3. The highest BCUT2D eigenvalue weighted by molar-refractivity contribution is 5.96. The van der Waals surface area contributed by atoms with Crippen LogP contribution < -0.4 is 10.6 Å². The van der Waals surface area contributed by atoms with Crippen molar-refractivity contribution in [3.8, 4) is 22.7 Å². The summed E-state index contributed by atoms with van der Waals surface area (Å²) in [5, 5.41) is 12.7. The first-order chi connectivity index (χ1) is 17.7. The van der Waals surface area contributed by atoms with E-state index in [2.05, 4.69) is 25.8 Å². The minimum atomic E-state index is -0.746. The molecule has 198 valence electrons. The Kier molecular flexibility index (Phi) is 9.59. The van der Waals surface area contributed by atoms with E-state index < -0.39 is 17.9 Å². The maximum Gasteiger partial charge on any atom is 0.328 e. The van der Waals surface area contributed by atoms with Crippen LogP contribution in [0.1, 0.15) is 74.9 Å². The highest BCUT2D eigenvalue weighted by Gasteiger charge is 2.25. The zero-order valence-electron chi connectivity index (χ0n) is 22.0. The van der Waals surface area contributed by atoms with Crippen LogP contribution in [0, 0.1) is 5.92 Å². The Balaban J connectivity index is 1.74. The van der Waals surface area contributed by atoms with Gasteiger partial charge in [0.1, 0.15) is 11.7 Å². The predicted molar refractivity (Wildman–Crippen MR) is 139 cm³/mol. The maximum atomic E-state index is 12.8. The molecule has 2 amide bonds. The Labute approximate surface area is 216 Å². The van der Waals surface area contributed by atoms with Crippen LogP contribution in [0.15, 0.2) is 40.9 Å². The van der Waals surface area contributed by atoms with Crippen molar-refractivity contribution in [3.05, 3.63) is 48.0 Å². The number of nitrogens with one attached hydrogen (secondary N) is 3. The molecule has 2 aromatic heterocycles. The largest absolute Gasteiger partial charge is 0.464 e. The summed E-state index contributed by atoms with van der Waals surface area (Å²) in [4.78, 5) is 41.8. The lowest BCUT2D eigenvalue weighted by Crippen LogP contribution is -2.42. The second-order valence-electron chi connectivity index (χ2n) is 9.17.